The quantitative estimate of drug-likeness (QED) is 0.241. The highest BCUT2D eigenvalue weighted by Crippen LogP contribution is 2.55. The minimum atomic E-state index is -4.58. The zero-order chi connectivity index (χ0) is 34.4. The predicted octanol–water partition coefficient (Wildman–Crippen LogP) is 5.23. The second kappa shape index (κ2) is 12.5. The second-order valence-corrected chi connectivity index (χ2v) is 12.4. The van der Waals surface area contributed by atoms with E-state index in [1.165, 1.54) is 18.1 Å². The number of aromatic nitrogens is 2. The molecule has 48 heavy (non-hydrogen) atoms. The number of alkyl halides is 3. The fourth-order valence-corrected chi connectivity index (χ4v) is 7.31. The van der Waals surface area contributed by atoms with Gasteiger partial charge in [-0.15, -0.1) is 0 Å². The number of hydrogen-bond acceptors (Lipinski definition) is 6. The van der Waals surface area contributed by atoms with Gasteiger partial charge < -0.3 is 23.8 Å². The number of methoxy groups -OCH3 is 2. The lowest BCUT2D eigenvalue weighted by atomic mass is 9.75. The van der Waals surface area contributed by atoms with E-state index in [-0.39, 0.29) is 37.2 Å². The number of amides is 2. The number of esters is 1. The highest BCUT2D eigenvalue weighted by Gasteiger charge is 2.64. The number of carbonyl (C=O) groups excluding carboxylic acids is 3. The molecule has 2 aliphatic rings. The van der Waals surface area contributed by atoms with E-state index in [0.717, 1.165) is 29.1 Å². The number of carbonyl (C=O) groups is 3. The summed E-state index contributed by atoms with van der Waals surface area (Å²) in [5, 5.41) is 0. The highest BCUT2D eigenvalue weighted by atomic mass is 19.4. The molecule has 2 amide bonds. The lowest BCUT2D eigenvalue weighted by Gasteiger charge is -2.40. The van der Waals surface area contributed by atoms with Crippen molar-refractivity contribution in [3.05, 3.63) is 118 Å². The molecule has 0 bridgehead atoms. The Morgan fingerprint density at radius 2 is 1.67 bits per heavy atom. The van der Waals surface area contributed by atoms with Crippen LogP contribution in [-0.2, 0) is 35.1 Å². The van der Waals surface area contributed by atoms with Crippen LogP contribution in [0, 0.1) is 5.92 Å². The number of ether oxygens (including phenoxy) is 2. The average Bonchev–Trinajstić information content (AvgIpc) is 3.72. The van der Waals surface area contributed by atoms with E-state index in [9.17, 15) is 27.6 Å². The van der Waals surface area contributed by atoms with E-state index in [0.29, 0.717) is 29.0 Å². The lowest BCUT2D eigenvalue weighted by molar-refractivity contribution is -0.153. The smallest absolute Gasteiger partial charge is 0.433 e. The summed E-state index contributed by atoms with van der Waals surface area (Å²) in [4.78, 5) is 48.8. The predicted molar refractivity (Wildman–Crippen MR) is 170 cm³/mol. The molecule has 0 N–H and O–H groups in total. The zero-order valence-electron chi connectivity index (χ0n) is 27.0. The summed E-state index contributed by atoms with van der Waals surface area (Å²) in [6.07, 6.45) is -2.86. The third-order valence-electron chi connectivity index (χ3n) is 9.44. The first-order valence-electron chi connectivity index (χ1n) is 15.4. The summed E-state index contributed by atoms with van der Waals surface area (Å²) in [7, 11) is 6.10. The molecule has 9 nitrogen and oxygen atoms in total. The van der Waals surface area contributed by atoms with E-state index < -0.39 is 29.3 Å². The van der Waals surface area contributed by atoms with E-state index in [1.54, 1.807) is 73.1 Å². The van der Waals surface area contributed by atoms with Crippen LogP contribution in [0.2, 0.25) is 0 Å². The summed E-state index contributed by atoms with van der Waals surface area (Å²) in [6.45, 7) is 0.336. The Balaban J connectivity index is 1.51. The number of fused-ring (bicyclic) bond motifs is 3. The fourth-order valence-electron chi connectivity index (χ4n) is 7.31. The number of likely N-dealkylation sites (tertiary alicyclic amines) is 1. The first-order chi connectivity index (χ1) is 22.9. The number of pyridine rings is 1. The van der Waals surface area contributed by atoms with Crippen LogP contribution in [0.15, 0.2) is 79.0 Å². The molecule has 1 fully saturated rings. The molecule has 2 aromatic heterocycles. The molecular formula is C36H35F3N4O5. The van der Waals surface area contributed by atoms with Crippen molar-refractivity contribution in [3.63, 3.8) is 0 Å². The molecule has 1 saturated heterocycles. The Labute approximate surface area is 275 Å². The van der Waals surface area contributed by atoms with Crippen molar-refractivity contribution >= 4 is 17.8 Å². The minimum Gasteiger partial charge on any atom is -0.497 e. The molecule has 250 valence electrons. The van der Waals surface area contributed by atoms with Gasteiger partial charge in [-0.3, -0.25) is 14.6 Å². The van der Waals surface area contributed by atoms with Gasteiger partial charge in [0.15, 0.2) is 5.54 Å². The summed E-state index contributed by atoms with van der Waals surface area (Å²) in [5.74, 6) is -1.32. The van der Waals surface area contributed by atoms with Gasteiger partial charge in [0.05, 0.1) is 14.2 Å². The Kier molecular flexibility index (Phi) is 8.52. The van der Waals surface area contributed by atoms with Crippen molar-refractivity contribution in [1.82, 2.24) is 19.4 Å². The molecule has 12 heteroatoms. The van der Waals surface area contributed by atoms with Gasteiger partial charge in [0.1, 0.15) is 17.1 Å². The molecule has 0 spiro atoms. The molecule has 0 unspecified atom stereocenters. The van der Waals surface area contributed by atoms with Gasteiger partial charge in [0.2, 0.25) is 0 Å². The first-order valence-corrected chi connectivity index (χ1v) is 15.4. The van der Waals surface area contributed by atoms with Crippen LogP contribution in [0.5, 0.6) is 5.75 Å². The molecule has 3 atom stereocenters. The Hall–Kier alpha value is -5.13. The molecule has 1 aliphatic heterocycles. The van der Waals surface area contributed by atoms with Crippen molar-refractivity contribution in [2.45, 2.75) is 37.0 Å². The third kappa shape index (κ3) is 5.58. The normalized spacial score (nSPS) is 19.9. The van der Waals surface area contributed by atoms with Gasteiger partial charge in [0, 0.05) is 57.0 Å². The molecule has 2 aromatic carbocycles. The fraction of sp³-hybridized carbons (Fsp3) is 0.333. The number of benzene rings is 2. The molecule has 6 rings (SSSR count). The van der Waals surface area contributed by atoms with E-state index >= 15 is 0 Å². The van der Waals surface area contributed by atoms with E-state index in [4.69, 9.17) is 9.47 Å². The Morgan fingerprint density at radius 1 is 0.979 bits per heavy atom. The van der Waals surface area contributed by atoms with Crippen molar-refractivity contribution in [2.24, 2.45) is 5.92 Å². The van der Waals surface area contributed by atoms with E-state index in [2.05, 4.69) is 4.98 Å². The monoisotopic (exact) mass is 660 g/mol. The molecule has 4 aromatic rings. The Bertz CT molecular complexity index is 1840. The van der Waals surface area contributed by atoms with Gasteiger partial charge in [-0.25, -0.2) is 4.79 Å². The summed E-state index contributed by atoms with van der Waals surface area (Å²) in [6, 6.07) is 20.1. The molecular weight excluding hydrogens is 625 g/mol. The van der Waals surface area contributed by atoms with Gasteiger partial charge in [-0.05, 0) is 65.4 Å². The minimum absolute atomic E-state index is 0.0885. The number of nitrogens with zero attached hydrogens (tertiary/aromatic N) is 4. The van der Waals surface area contributed by atoms with Crippen LogP contribution in [0.3, 0.4) is 0 Å². The van der Waals surface area contributed by atoms with Crippen molar-refractivity contribution in [2.75, 3.05) is 34.9 Å². The van der Waals surface area contributed by atoms with Gasteiger partial charge in [-0.1, -0.05) is 36.4 Å². The van der Waals surface area contributed by atoms with Crippen LogP contribution >= 0.6 is 0 Å². The molecule has 3 heterocycles. The molecule has 1 aliphatic carbocycles. The molecule has 0 radical (unpaired) electrons. The maximum absolute atomic E-state index is 14.3. The van der Waals surface area contributed by atoms with Crippen molar-refractivity contribution < 1.29 is 37.0 Å². The topological polar surface area (TPSA) is 94.0 Å². The Morgan fingerprint density at radius 3 is 2.25 bits per heavy atom. The summed E-state index contributed by atoms with van der Waals surface area (Å²) < 4.78 is 52.4. The highest BCUT2D eigenvalue weighted by molar-refractivity contribution is 6.00. The zero-order valence-corrected chi connectivity index (χ0v) is 27.0. The van der Waals surface area contributed by atoms with Crippen LogP contribution < -0.4 is 4.74 Å². The van der Waals surface area contributed by atoms with Crippen LogP contribution in [0.1, 0.15) is 54.8 Å². The van der Waals surface area contributed by atoms with Crippen LogP contribution in [0.25, 0.3) is 0 Å². The SMILES string of the molecule is COC(=O)[C@@]1(Cc2ccc(OC)cc2)[C@H]2c3cc(C(=O)N(C)C)n(Cc4ccc(C(F)(F)F)nc4)c3C[C@H]2CN1C(=O)c1ccccc1. The maximum atomic E-state index is 14.3. The number of hydrogen-bond donors (Lipinski definition) is 0. The van der Waals surface area contributed by atoms with Crippen molar-refractivity contribution in [1.29, 1.82) is 0 Å². The van der Waals surface area contributed by atoms with E-state index in [1.807, 2.05) is 18.2 Å². The van der Waals surface area contributed by atoms with Crippen LogP contribution in [-0.4, -0.2) is 77.5 Å². The lowest BCUT2D eigenvalue weighted by Crippen LogP contribution is -2.58. The summed E-state index contributed by atoms with van der Waals surface area (Å²) in [5.41, 5.74) is 1.03. The standard InChI is InChI=1S/C36H35F3N4O5/c1-41(2)33(45)29-17-27-28(42(29)20-23-12-15-30(40-19-23)36(37,38)39)16-25-21-43(32(44)24-8-6-5-7-9-24)35(31(25)27,34(46)48-4)18-22-10-13-26(47-3)14-11-22/h5-15,17,19,25,31H,16,18,20-21H2,1-4H3/t25-,31+,35+/m0/s1. The van der Waals surface area contributed by atoms with Gasteiger partial charge in [-0.2, -0.15) is 13.2 Å². The second-order valence-electron chi connectivity index (χ2n) is 12.4. The largest absolute Gasteiger partial charge is 0.497 e. The van der Waals surface area contributed by atoms with Gasteiger partial charge >= 0.3 is 12.1 Å². The van der Waals surface area contributed by atoms with Crippen molar-refractivity contribution in [3.8, 4) is 5.75 Å². The molecule has 0 saturated carbocycles. The van der Waals surface area contributed by atoms with Gasteiger partial charge in [0.25, 0.3) is 11.8 Å². The van der Waals surface area contributed by atoms with Crippen LogP contribution in [0.4, 0.5) is 13.2 Å². The summed E-state index contributed by atoms with van der Waals surface area (Å²) >= 11 is 0. The number of rotatable bonds is 8. The first kappa shape index (κ1) is 32.8. The maximum Gasteiger partial charge on any atom is 0.433 e. The average molecular weight is 661 g/mol. The number of halogens is 3. The third-order valence-corrected chi connectivity index (χ3v) is 9.44.